The Morgan fingerprint density at radius 2 is 1.95 bits per heavy atom. The lowest BCUT2D eigenvalue weighted by Crippen LogP contribution is -2.02. The summed E-state index contributed by atoms with van der Waals surface area (Å²) >= 11 is 7.57. The van der Waals surface area contributed by atoms with E-state index in [4.69, 9.17) is 11.6 Å². The minimum Gasteiger partial charge on any atom is -0.370 e. The van der Waals surface area contributed by atoms with E-state index in [1.807, 2.05) is 37.3 Å². The fraction of sp³-hybridized carbons (Fsp3) is 0.286. The number of halogens is 1. The van der Waals surface area contributed by atoms with E-state index in [1.54, 1.807) is 11.8 Å². The minimum atomic E-state index is 0.765. The number of nitrogens with one attached hydrogen (secondary N) is 1. The molecule has 0 radical (unpaired) electrons. The standard InChI is InChI=1S/C14H16ClN3S/c1-3-16-13-8-14(18-10(2)17-13)19-9-11-4-6-12(15)7-5-11/h4-8H,3,9H2,1-2H3,(H,16,17,18). The summed E-state index contributed by atoms with van der Waals surface area (Å²) in [6, 6.07) is 9.87. The molecule has 0 unspecified atom stereocenters. The molecule has 0 saturated heterocycles. The van der Waals surface area contributed by atoms with E-state index < -0.39 is 0 Å². The topological polar surface area (TPSA) is 37.8 Å². The van der Waals surface area contributed by atoms with Crippen LogP contribution in [0.3, 0.4) is 0 Å². The molecule has 5 heteroatoms. The predicted octanol–water partition coefficient (Wildman–Crippen LogP) is 4.16. The molecule has 2 aromatic rings. The van der Waals surface area contributed by atoms with Crippen LogP contribution in [-0.4, -0.2) is 16.5 Å². The van der Waals surface area contributed by atoms with Gasteiger partial charge in [0.2, 0.25) is 0 Å². The predicted molar refractivity (Wildman–Crippen MR) is 81.9 cm³/mol. The van der Waals surface area contributed by atoms with E-state index in [0.29, 0.717) is 0 Å². The average molecular weight is 294 g/mol. The van der Waals surface area contributed by atoms with Crippen molar-refractivity contribution in [3.05, 3.63) is 46.7 Å². The number of rotatable bonds is 5. The zero-order valence-corrected chi connectivity index (χ0v) is 12.6. The third-order valence-electron chi connectivity index (χ3n) is 2.47. The van der Waals surface area contributed by atoms with Crippen LogP contribution in [0.2, 0.25) is 5.02 Å². The van der Waals surface area contributed by atoms with Crippen LogP contribution in [0.5, 0.6) is 0 Å². The summed E-state index contributed by atoms with van der Waals surface area (Å²) in [5.74, 6) is 2.55. The van der Waals surface area contributed by atoms with Gasteiger partial charge in [0.25, 0.3) is 0 Å². The van der Waals surface area contributed by atoms with Crippen LogP contribution in [0.4, 0.5) is 5.82 Å². The molecule has 19 heavy (non-hydrogen) atoms. The number of aryl methyl sites for hydroxylation is 1. The number of anilines is 1. The highest BCUT2D eigenvalue weighted by Gasteiger charge is 2.03. The molecule has 0 amide bonds. The molecular formula is C14H16ClN3S. The van der Waals surface area contributed by atoms with Gasteiger partial charge in [-0.1, -0.05) is 23.7 Å². The summed E-state index contributed by atoms with van der Waals surface area (Å²) < 4.78 is 0. The Morgan fingerprint density at radius 1 is 1.21 bits per heavy atom. The van der Waals surface area contributed by atoms with Crippen LogP contribution >= 0.6 is 23.4 Å². The van der Waals surface area contributed by atoms with Gasteiger partial charge in [0.05, 0.1) is 0 Å². The van der Waals surface area contributed by atoms with E-state index in [2.05, 4.69) is 22.2 Å². The van der Waals surface area contributed by atoms with Crippen molar-refractivity contribution < 1.29 is 0 Å². The minimum absolute atomic E-state index is 0.765. The van der Waals surface area contributed by atoms with E-state index >= 15 is 0 Å². The molecule has 0 atom stereocenters. The second-order valence-electron chi connectivity index (χ2n) is 4.08. The van der Waals surface area contributed by atoms with E-state index in [1.165, 1.54) is 5.56 Å². The highest BCUT2D eigenvalue weighted by Crippen LogP contribution is 2.23. The highest BCUT2D eigenvalue weighted by molar-refractivity contribution is 7.98. The number of hydrogen-bond donors (Lipinski definition) is 1. The van der Waals surface area contributed by atoms with Gasteiger partial charge in [0.15, 0.2) is 0 Å². The van der Waals surface area contributed by atoms with Crippen LogP contribution in [0.1, 0.15) is 18.3 Å². The lowest BCUT2D eigenvalue weighted by Gasteiger charge is -2.06. The Morgan fingerprint density at radius 3 is 2.63 bits per heavy atom. The first-order valence-corrected chi connectivity index (χ1v) is 7.50. The molecule has 0 spiro atoms. The fourth-order valence-electron chi connectivity index (χ4n) is 1.62. The molecular weight excluding hydrogens is 278 g/mol. The molecule has 1 aromatic heterocycles. The summed E-state index contributed by atoms with van der Waals surface area (Å²) in [6.07, 6.45) is 0. The van der Waals surface area contributed by atoms with Crippen LogP contribution < -0.4 is 5.32 Å². The number of thioether (sulfide) groups is 1. The monoisotopic (exact) mass is 293 g/mol. The number of aromatic nitrogens is 2. The maximum absolute atomic E-state index is 5.87. The Kier molecular flexibility index (Phi) is 5.05. The van der Waals surface area contributed by atoms with Gasteiger partial charge < -0.3 is 5.32 Å². The van der Waals surface area contributed by atoms with E-state index in [0.717, 1.165) is 34.0 Å². The molecule has 1 N–H and O–H groups in total. The Hall–Kier alpha value is -1.26. The molecule has 0 fully saturated rings. The Bertz CT molecular complexity index is 543. The van der Waals surface area contributed by atoms with Crippen molar-refractivity contribution in [2.75, 3.05) is 11.9 Å². The van der Waals surface area contributed by atoms with Gasteiger partial charge in [0.1, 0.15) is 16.7 Å². The molecule has 0 bridgehead atoms. The smallest absolute Gasteiger partial charge is 0.130 e. The van der Waals surface area contributed by atoms with Crippen molar-refractivity contribution in [2.45, 2.75) is 24.6 Å². The number of benzene rings is 1. The summed E-state index contributed by atoms with van der Waals surface area (Å²) in [5, 5.41) is 4.96. The fourth-order valence-corrected chi connectivity index (χ4v) is 2.65. The van der Waals surface area contributed by atoms with Crippen LogP contribution in [0, 0.1) is 6.92 Å². The average Bonchev–Trinajstić information content (AvgIpc) is 2.38. The lowest BCUT2D eigenvalue weighted by atomic mass is 10.2. The SMILES string of the molecule is CCNc1cc(SCc2ccc(Cl)cc2)nc(C)n1. The Balaban J connectivity index is 2.04. The van der Waals surface area contributed by atoms with Crippen LogP contribution in [0.15, 0.2) is 35.4 Å². The molecule has 1 aromatic carbocycles. The van der Waals surface area contributed by atoms with Crippen molar-refractivity contribution in [3.8, 4) is 0 Å². The van der Waals surface area contributed by atoms with Gasteiger partial charge in [-0.2, -0.15) is 0 Å². The van der Waals surface area contributed by atoms with Crippen molar-refractivity contribution in [2.24, 2.45) is 0 Å². The van der Waals surface area contributed by atoms with Gasteiger partial charge in [-0.25, -0.2) is 9.97 Å². The molecule has 2 rings (SSSR count). The van der Waals surface area contributed by atoms with Gasteiger partial charge in [-0.15, -0.1) is 11.8 Å². The molecule has 0 aliphatic carbocycles. The van der Waals surface area contributed by atoms with E-state index in [-0.39, 0.29) is 0 Å². The number of hydrogen-bond acceptors (Lipinski definition) is 4. The molecule has 0 aliphatic rings. The first-order chi connectivity index (χ1) is 9.17. The normalized spacial score (nSPS) is 10.5. The summed E-state index contributed by atoms with van der Waals surface area (Å²) in [7, 11) is 0. The largest absolute Gasteiger partial charge is 0.370 e. The van der Waals surface area contributed by atoms with Gasteiger partial charge in [-0.05, 0) is 31.5 Å². The molecule has 1 heterocycles. The third kappa shape index (κ3) is 4.40. The first kappa shape index (κ1) is 14.2. The summed E-state index contributed by atoms with van der Waals surface area (Å²) in [4.78, 5) is 8.77. The highest BCUT2D eigenvalue weighted by atomic mass is 35.5. The summed E-state index contributed by atoms with van der Waals surface area (Å²) in [5.41, 5.74) is 1.23. The van der Waals surface area contributed by atoms with Crippen LogP contribution in [0.25, 0.3) is 0 Å². The first-order valence-electron chi connectivity index (χ1n) is 6.14. The van der Waals surface area contributed by atoms with Crippen molar-refractivity contribution >= 4 is 29.2 Å². The second kappa shape index (κ2) is 6.78. The van der Waals surface area contributed by atoms with Crippen molar-refractivity contribution in [3.63, 3.8) is 0 Å². The quantitative estimate of drug-likeness (QED) is 0.663. The maximum atomic E-state index is 5.87. The van der Waals surface area contributed by atoms with Crippen LogP contribution in [-0.2, 0) is 5.75 Å². The van der Waals surface area contributed by atoms with Crippen molar-refractivity contribution in [1.29, 1.82) is 0 Å². The summed E-state index contributed by atoms with van der Waals surface area (Å²) in [6.45, 7) is 4.82. The maximum Gasteiger partial charge on any atom is 0.130 e. The van der Waals surface area contributed by atoms with Gasteiger partial charge >= 0.3 is 0 Å². The van der Waals surface area contributed by atoms with Gasteiger partial charge in [0, 0.05) is 23.4 Å². The molecule has 0 aliphatic heterocycles. The second-order valence-corrected chi connectivity index (χ2v) is 5.52. The van der Waals surface area contributed by atoms with E-state index in [9.17, 15) is 0 Å². The lowest BCUT2D eigenvalue weighted by molar-refractivity contribution is 0.960. The van der Waals surface area contributed by atoms with Gasteiger partial charge in [-0.3, -0.25) is 0 Å². The Labute approximate surface area is 122 Å². The third-order valence-corrected chi connectivity index (χ3v) is 3.71. The zero-order chi connectivity index (χ0) is 13.7. The molecule has 3 nitrogen and oxygen atoms in total. The number of nitrogens with zero attached hydrogens (tertiary/aromatic N) is 2. The molecule has 0 saturated carbocycles. The zero-order valence-electron chi connectivity index (χ0n) is 11.0. The van der Waals surface area contributed by atoms with Crippen molar-refractivity contribution in [1.82, 2.24) is 9.97 Å². The molecule has 100 valence electrons.